The van der Waals surface area contributed by atoms with Crippen LogP contribution in [0.5, 0.6) is 0 Å². The van der Waals surface area contributed by atoms with Crippen LogP contribution in [-0.4, -0.2) is 10.7 Å². The van der Waals surface area contributed by atoms with Gasteiger partial charge >= 0.3 is 0 Å². The lowest BCUT2D eigenvalue weighted by atomic mass is 9.72. The van der Waals surface area contributed by atoms with Crippen molar-refractivity contribution in [3.63, 3.8) is 0 Å². The fourth-order valence-electron chi connectivity index (χ4n) is 4.47. The van der Waals surface area contributed by atoms with E-state index in [-0.39, 0.29) is 17.8 Å². The second-order valence-electron chi connectivity index (χ2n) is 6.51. The minimum Gasteiger partial charge on any atom is -0.388 e. The first-order valence-corrected chi connectivity index (χ1v) is 7.88. The lowest BCUT2D eigenvalue weighted by molar-refractivity contribution is -0.0689. The SMILES string of the molecule is CCCC(C#N)C1(O)C2CCC1Cc1ccccc1C2. The number of hydrogen-bond donors (Lipinski definition) is 1. The number of hydrogen-bond acceptors (Lipinski definition) is 2. The van der Waals surface area contributed by atoms with Crippen LogP contribution >= 0.6 is 0 Å². The van der Waals surface area contributed by atoms with Crippen molar-refractivity contribution < 1.29 is 5.11 Å². The molecule has 0 amide bonds. The number of benzene rings is 1. The standard InChI is InChI=1S/C18H23NO/c1-2-5-17(12-19)18(20)15-8-9-16(18)11-14-7-4-3-6-13(14)10-15/h3-4,6-7,15-17,20H,2,5,8-11H2,1H3. The third kappa shape index (κ3) is 1.96. The lowest BCUT2D eigenvalue weighted by Gasteiger charge is -2.37. The van der Waals surface area contributed by atoms with Gasteiger partial charge in [-0.25, -0.2) is 0 Å². The third-order valence-electron chi connectivity index (χ3n) is 5.51. The molecular weight excluding hydrogens is 246 g/mol. The second kappa shape index (κ2) is 5.22. The monoisotopic (exact) mass is 269 g/mol. The zero-order valence-electron chi connectivity index (χ0n) is 12.2. The van der Waals surface area contributed by atoms with Crippen LogP contribution in [0, 0.1) is 29.1 Å². The van der Waals surface area contributed by atoms with Gasteiger partial charge in [-0.3, -0.25) is 0 Å². The molecule has 0 aromatic heterocycles. The van der Waals surface area contributed by atoms with Crippen LogP contribution in [0.3, 0.4) is 0 Å². The molecule has 2 bridgehead atoms. The van der Waals surface area contributed by atoms with Crippen molar-refractivity contribution in [1.82, 2.24) is 0 Å². The molecule has 1 aromatic carbocycles. The second-order valence-corrected chi connectivity index (χ2v) is 6.51. The van der Waals surface area contributed by atoms with Gasteiger partial charge in [0, 0.05) is 0 Å². The van der Waals surface area contributed by atoms with Gasteiger partial charge in [-0.2, -0.15) is 5.26 Å². The third-order valence-corrected chi connectivity index (χ3v) is 5.51. The van der Waals surface area contributed by atoms with Gasteiger partial charge in [0.1, 0.15) is 0 Å². The molecule has 2 aliphatic rings. The van der Waals surface area contributed by atoms with Gasteiger partial charge in [0.25, 0.3) is 0 Å². The maximum absolute atomic E-state index is 11.4. The minimum atomic E-state index is -0.774. The Hall–Kier alpha value is -1.33. The summed E-state index contributed by atoms with van der Waals surface area (Å²) in [6.45, 7) is 2.10. The summed E-state index contributed by atoms with van der Waals surface area (Å²) in [6.07, 6.45) is 5.79. The maximum atomic E-state index is 11.4. The fourth-order valence-corrected chi connectivity index (χ4v) is 4.47. The van der Waals surface area contributed by atoms with Crippen molar-refractivity contribution in [1.29, 1.82) is 5.26 Å². The zero-order chi connectivity index (χ0) is 14.2. The average Bonchev–Trinajstić information content (AvgIpc) is 2.67. The summed E-state index contributed by atoms with van der Waals surface area (Å²) in [7, 11) is 0. The highest BCUT2D eigenvalue weighted by atomic mass is 16.3. The quantitative estimate of drug-likeness (QED) is 0.913. The molecule has 2 nitrogen and oxygen atoms in total. The van der Waals surface area contributed by atoms with Gasteiger partial charge in [-0.15, -0.1) is 0 Å². The van der Waals surface area contributed by atoms with Crippen molar-refractivity contribution in [3.05, 3.63) is 35.4 Å². The predicted molar refractivity (Wildman–Crippen MR) is 79.0 cm³/mol. The molecular formula is C18H23NO. The van der Waals surface area contributed by atoms with Crippen molar-refractivity contribution in [2.75, 3.05) is 0 Å². The van der Waals surface area contributed by atoms with Crippen LogP contribution in [0.15, 0.2) is 24.3 Å². The number of rotatable bonds is 3. The molecule has 1 aromatic rings. The Labute approximate surface area is 121 Å². The molecule has 106 valence electrons. The highest BCUT2D eigenvalue weighted by Gasteiger charge is 2.54. The van der Waals surface area contributed by atoms with E-state index < -0.39 is 5.60 Å². The first-order chi connectivity index (χ1) is 9.70. The summed E-state index contributed by atoms with van der Waals surface area (Å²) in [5, 5.41) is 20.9. The largest absolute Gasteiger partial charge is 0.388 e. The molecule has 3 atom stereocenters. The Morgan fingerprint density at radius 1 is 1.25 bits per heavy atom. The fraction of sp³-hybridized carbons (Fsp3) is 0.611. The Balaban J connectivity index is 1.98. The molecule has 2 heteroatoms. The maximum Gasteiger partial charge on any atom is 0.0867 e. The van der Waals surface area contributed by atoms with Gasteiger partial charge in [0.15, 0.2) is 0 Å². The molecule has 1 fully saturated rings. The summed E-state index contributed by atoms with van der Waals surface area (Å²) >= 11 is 0. The molecule has 0 spiro atoms. The van der Waals surface area contributed by atoms with E-state index in [1.54, 1.807) is 0 Å². The molecule has 0 radical (unpaired) electrons. The molecule has 3 unspecified atom stereocenters. The number of nitriles is 1. The van der Waals surface area contributed by atoms with Crippen molar-refractivity contribution >= 4 is 0 Å². The molecule has 1 N–H and O–H groups in total. The normalized spacial score (nSPS) is 33.0. The lowest BCUT2D eigenvalue weighted by Crippen LogP contribution is -2.47. The molecule has 20 heavy (non-hydrogen) atoms. The molecule has 3 rings (SSSR count). The molecule has 0 saturated heterocycles. The van der Waals surface area contributed by atoms with Crippen LogP contribution in [-0.2, 0) is 12.8 Å². The Kier molecular flexibility index (Phi) is 3.56. The van der Waals surface area contributed by atoms with Crippen molar-refractivity contribution in [3.8, 4) is 6.07 Å². The number of fused-ring (bicyclic) bond motifs is 3. The summed E-state index contributed by atoms with van der Waals surface area (Å²) in [4.78, 5) is 0. The average molecular weight is 269 g/mol. The first kappa shape index (κ1) is 13.6. The minimum absolute atomic E-state index is 0.209. The predicted octanol–water partition coefficient (Wildman–Crippen LogP) is 3.48. The van der Waals surface area contributed by atoms with E-state index in [9.17, 15) is 10.4 Å². The highest BCUT2D eigenvalue weighted by Crippen LogP contribution is 2.51. The van der Waals surface area contributed by atoms with E-state index in [1.807, 2.05) is 0 Å². The Morgan fingerprint density at radius 2 is 1.80 bits per heavy atom. The highest BCUT2D eigenvalue weighted by molar-refractivity contribution is 5.32. The Morgan fingerprint density at radius 3 is 2.25 bits per heavy atom. The molecule has 1 saturated carbocycles. The van der Waals surface area contributed by atoms with Crippen LogP contribution in [0.1, 0.15) is 43.7 Å². The summed E-state index contributed by atoms with van der Waals surface area (Å²) in [5.41, 5.74) is 1.99. The van der Waals surface area contributed by atoms with Gasteiger partial charge in [0.2, 0.25) is 0 Å². The summed E-state index contributed by atoms with van der Waals surface area (Å²) in [6, 6.07) is 11.0. The Bertz CT molecular complexity index is 497. The number of aliphatic hydroxyl groups is 1. The molecule has 0 aliphatic heterocycles. The van der Waals surface area contributed by atoms with Gasteiger partial charge < -0.3 is 5.11 Å². The van der Waals surface area contributed by atoms with Crippen LogP contribution in [0.2, 0.25) is 0 Å². The summed E-state index contributed by atoms with van der Waals surface area (Å²) in [5.74, 6) is 0.305. The topological polar surface area (TPSA) is 44.0 Å². The van der Waals surface area contributed by atoms with E-state index >= 15 is 0 Å². The van der Waals surface area contributed by atoms with E-state index in [2.05, 4.69) is 37.3 Å². The van der Waals surface area contributed by atoms with E-state index in [0.29, 0.717) is 0 Å². The van der Waals surface area contributed by atoms with E-state index in [4.69, 9.17) is 0 Å². The zero-order valence-corrected chi connectivity index (χ0v) is 12.2. The smallest absolute Gasteiger partial charge is 0.0867 e. The van der Waals surface area contributed by atoms with Crippen LogP contribution < -0.4 is 0 Å². The summed E-state index contributed by atoms with van der Waals surface area (Å²) < 4.78 is 0. The van der Waals surface area contributed by atoms with E-state index in [0.717, 1.165) is 38.5 Å². The van der Waals surface area contributed by atoms with Gasteiger partial charge in [-0.1, -0.05) is 37.6 Å². The van der Waals surface area contributed by atoms with Crippen molar-refractivity contribution in [2.45, 2.75) is 51.0 Å². The van der Waals surface area contributed by atoms with Gasteiger partial charge in [0.05, 0.1) is 17.6 Å². The van der Waals surface area contributed by atoms with Crippen LogP contribution in [0.25, 0.3) is 0 Å². The number of nitrogens with zero attached hydrogens (tertiary/aromatic N) is 1. The van der Waals surface area contributed by atoms with Crippen LogP contribution in [0.4, 0.5) is 0 Å². The van der Waals surface area contributed by atoms with Gasteiger partial charge in [-0.05, 0) is 55.1 Å². The van der Waals surface area contributed by atoms with E-state index in [1.165, 1.54) is 11.1 Å². The molecule has 0 heterocycles. The van der Waals surface area contributed by atoms with Crippen molar-refractivity contribution in [2.24, 2.45) is 17.8 Å². The first-order valence-electron chi connectivity index (χ1n) is 7.88. The molecule has 2 aliphatic carbocycles.